The number of piperazine rings is 1. The van der Waals surface area contributed by atoms with Crippen LogP contribution in [0.4, 0.5) is 0 Å². The lowest BCUT2D eigenvalue weighted by Gasteiger charge is -2.32. The molecule has 0 bridgehead atoms. The lowest BCUT2D eigenvalue weighted by atomic mass is 10.0. The number of hydrogen-bond acceptors (Lipinski definition) is 3. The van der Waals surface area contributed by atoms with Gasteiger partial charge in [-0.1, -0.05) is 24.3 Å². The number of rotatable bonds is 4. The summed E-state index contributed by atoms with van der Waals surface area (Å²) in [5.41, 5.74) is 1.11. The number of carbonyl (C=O) groups excluding carboxylic acids is 1. The Kier molecular flexibility index (Phi) is 4.63. The van der Waals surface area contributed by atoms with E-state index in [2.05, 4.69) is 35.3 Å². The van der Waals surface area contributed by atoms with Crippen molar-refractivity contribution in [2.45, 2.75) is 25.8 Å². The molecule has 0 radical (unpaired) electrons. The summed E-state index contributed by atoms with van der Waals surface area (Å²) in [6.07, 6.45) is 7.40. The fraction of sp³-hybridized carbons (Fsp3) is 0.474. The first kappa shape index (κ1) is 15.8. The molecule has 2 aromatic rings. The number of thiazole rings is 1. The van der Waals surface area contributed by atoms with Crippen LogP contribution in [0.25, 0.3) is 10.2 Å². The standard InChI is InChI=1S/C19H23N3OS/c23-19(13-15-5-1-2-6-15)22-11-9-21(10-12-22)14-18-20-16-7-3-4-8-17(16)24-18/h1,3-5,7-8,15H,2,6,9-14H2/p+1/t15-/m0/s1. The largest absolute Gasteiger partial charge is 0.331 e. The van der Waals surface area contributed by atoms with Crippen LogP contribution in [0, 0.1) is 5.92 Å². The first-order valence-electron chi connectivity index (χ1n) is 8.90. The lowest BCUT2D eigenvalue weighted by molar-refractivity contribution is -0.917. The number of benzene rings is 1. The van der Waals surface area contributed by atoms with Crippen LogP contribution >= 0.6 is 11.3 Å². The van der Waals surface area contributed by atoms with E-state index in [1.807, 2.05) is 6.07 Å². The van der Waals surface area contributed by atoms with Crippen molar-refractivity contribution in [1.82, 2.24) is 9.88 Å². The van der Waals surface area contributed by atoms with Crippen LogP contribution in [-0.2, 0) is 11.3 Å². The van der Waals surface area contributed by atoms with Gasteiger partial charge in [0, 0.05) is 6.42 Å². The summed E-state index contributed by atoms with van der Waals surface area (Å²) in [5.74, 6) is 0.816. The summed E-state index contributed by atoms with van der Waals surface area (Å²) in [6.45, 7) is 4.81. The smallest absolute Gasteiger partial charge is 0.223 e. The highest BCUT2D eigenvalue weighted by Crippen LogP contribution is 2.22. The van der Waals surface area contributed by atoms with Crippen LogP contribution in [0.2, 0.25) is 0 Å². The predicted molar refractivity (Wildman–Crippen MR) is 97.1 cm³/mol. The van der Waals surface area contributed by atoms with Crippen molar-refractivity contribution in [3.05, 3.63) is 41.4 Å². The molecule has 1 aliphatic carbocycles. The average molecular weight is 342 g/mol. The first-order chi connectivity index (χ1) is 11.8. The number of aromatic nitrogens is 1. The van der Waals surface area contributed by atoms with Crippen LogP contribution < -0.4 is 4.90 Å². The molecule has 1 aromatic heterocycles. The number of para-hydroxylation sites is 1. The van der Waals surface area contributed by atoms with Gasteiger partial charge in [-0.15, -0.1) is 11.3 Å². The zero-order valence-corrected chi connectivity index (χ0v) is 14.7. The Bertz CT molecular complexity index is 713. The van der Waals surface area contributed by atoms with E-state index in [9.17, 15) is 4.79 Å². The van der Waals surface area contributed by atoms with Crippen molar-refractivity contribution < 1.29 is 9.69 Å². The fourth-order valence-corrected chi connectivity index (χ4v) is 4.72. The third-order valence-corrected chi connectivity index (χ3v) is 6.15. The zero-order chi connectivity index (χ0) is 16.4. The number of carbonyl (C=O) groups is 1. The summed E-state index contributed by atoms with van der Waals surface area (Å²) in [7, 11) is 0. The highest BCUT2D eigenvalue weighted by Gasteiger charge is 2.26. The van der Waals surface area contributed by atoms with Crippen molar-refractivity contribution in [2.24, 2.45) is 5.92 Å². The van der Waals surface area contributed by atoms with Gasteiger partial charge in [0.2, 0.25) is 5.91 Å². The van der Waals surface area contributed by atoms with Crippen LogP contribution in [0.1, 0.15) is 24.3 Å². The minimum atomic E-state index is 0.339. The van der Waals surface area contributed by atoms with Crippen molar-refractivity contribution in [3.8, 4) is 0 Å². The van der Waals surface area contributed by atoms with E-state index >= 15 is 0 Å². The van der Waals surface area contributed by atoms with E-state index in [-0.39, 0.29) is 0 Å². The van der Waals surface area contributed by atoms with Crippen molar-refractivity contribution in [2.75, 3.05) is 26.2 Å². The van der Waals surface area contributed by atoms with Crippen LogP contribution in [-0.4, -0.2) is 42.0 Å². The van der Waals surface area contributed by atoms with E-state index in [0.29, 0.717) is 18.2 Å². The van der Waals surface area contributed by atoms with E-state index < -0.39 is 0 Å². The monoisotopic (exact) mass is 342 g/mol. The quantitative estimate of drug-likeness (QED) is 0.862. The molecule has 24 heavy (non-hydrogen) atoms. The Balaban J connectivity index is 1.29. The van der Waals surface area contributed by atoms with Gasteiger partial charge in [-0.3, -0.25) is 4.79 Å². The van der Waals surface area contributed by atoms with Crippen molar-refractivity contribution >= 4 is 27.5 Å². The molecule has 0 unspecified atom stereocenters. The SMILES string of the molecule is O=C(C[C@H]1C=CCC1)N1CC[NH+](Cc2nc3ccccc3s2)CC1. The minimum Gasteiger partial charge on any atom is -0.331 e. The first-order valence-corrected chi connectivity index (χ1v) is 9.72. The molecule has 2 heterocycles. The molecule has 1 aliphatic heterocycles. The summed E-state index contributed by atoms with van der Waals surface area (Å²) in [5, 5.41) is 1.21. The zero-order valence-electron chi connectivity index (χ0n) is 13.9. The molecule has 0 saturated carbocycles. The van der Waals surface area contributed by atoms with Gasteiger partial charge in [0.25, 0.3) is 0 Å². The van der Waals surface area contributed by atoms with Crippen LogP contribution in [0.3, 0.4) is 0 Å². The van der Waals surface area contributed by atoms with Gasteiger partial charge in [-0.05, 0) is 30.9 Å². The maximum atomic E-state index is 12.4. The lowest BCUT2D eigenvalue weighted by Crippen LogP contribution is -3.13. The van der Waals surface area contributed by atoms with Gasteiger partial charge in [0.1, 0.15) is 11.6 Å². The van der Waals surface area contributed by atoms with E-state index in [4.69, 9.17) is 4.98 Å². The third kappa shape index (κ3) is 3.52. The summed E-state index contributed by atoms with van der Waals surface area (Å²) >= 11 is 1.80. The van der Waals surface area contributed by atoms with Crippen molar-refractivity contribution in [3.63, 3.8) is 0 Å². The molecule has 126 valence electrons. The molecule has 1 aromatic carbocycles. The molecule has 2 aliphatic rings. The van der Waals surface area contributed by atoms with Crippen LogP contribution in [0.15, 0.2) is 36.4 Å². The van der Waals surface area contributed by atoms with E-state index in [1.165, 1.54) is 9.71 Å². The Morgan fingerprint density at radius 2 is 2.12 bits per heavy atom. The number of nitrogens with one attached hydrogen (secondary N) is 1. The Labute approximate surface area is 146 Å². The molecule has 5 heteroatoms. The molecule has 4 rings (SSSR count). The molecule has 1 amide bonds. The molecule has 1 saturated heterocycles. The van der Waals surface area contributed by atoms with Gasteiger partial charge in [-0.2, -0.15) is 0 Å². The molecule has 1 N–H and O–H groups in total. The molecule has 0 spiro atoms. The maximum Gasteiger partial charge on any atom is 0.223 e. The highest BCUT2D eigenvalue weighted by atomic mass is 32.1. The van der Waals surface area contributed by atoms with Gasteiger partial charge < -0.3 is 9.80 Å². The molecule has 1 atom stereocenters. The number of amides is 1. The molecule has 1 fully saturated rings. The number of nitrogens with zero attached hydrogens (tertiary/aromatic N) is 2. The second kappa shape index (κ2) is 7.03. The predicted octanol–water partition coefficient (Wildman–Crippen LogP) is 1.88. The van der Waals surface area contributed by atoms with Crippen molar-refractivity contribution in [1.29, 1.82) is 0 Å². The average Bonchev–Trinajstić information content (AvgIpc) is 3.24. The summed E-state index contributed by atoms with van der Waals surface area (Å²) in [4.78, 5) is 20.8. The number of hydrogen-bond donors (Lipinski definition) is 1. The van der Waals surface area contributed by atoms with Gasteiger partial charge in [0.15, 0.2) is 0 Å². The third-order valence-electron chi connectivity index (χ3n) is 5.11. The van der Waals surface area contributed by atoms with Gasteiger partial charge in [0.05, 0.1) is 36.4 Å². The van der Waals surface area contributed by atoms with Crippen LogP contribution in [0.5, 0.6) is 0 Å². The molecular weight excluding hydrogens is 318 g/mol. The molecular formula is C19H24N3OS+. The van der Waals surface area contributed by atoms with Gasteiger partial charge >= 0.3 is 0 Å². The highest BCUT2D eigenvalue weighted by molar-refractivity contribution is 7.18. The summed E-state index contributed by atoms with van der Waals surface area (Å²) < 4.78 is 1.27. The number of fused-ring (bicyclic) bond motifs is 1. The van der Waals surface area contributed by atoms with E-state index in [0.717, 1.165) is 51.1 Å². The second-order valence-corrected chi connectivity index (χ2v) is 7.97. The normalized spacial score (nSPS) is 21.7. The number of allylic oxidation sites excluding steroid dienone is 2. The fourth-order valence-electron chi connectivity index (χ4n) is 3.68. The Morgan fingerprint density at radius 3 is 2.88 bits per heavy atom. The second-order valence-electron chi connectivity index (χ2n) is 6.85. The molecule has 4 nitrogen and oxygen atoms in total. The maximum absolute atomic E-state index is 12.4. The topological polar surface area (TPSA) is 37.6 Å². The van der Waals surface area contributed by atoms with Gasteiger partial charge in [-0.25, -0.2) is 4.98 Å². The Hall–Kier alpha value is -1.72. The summed E-state index contributed by atoms with van der Waals surface area (Å²) in [6, 6.07) is 8.34. The minimum absolute atomic E-state index is 0.339. The Morgan fingerprint density at radius 1 is 1.29 bits per heavy atom. The van der Waals surface area contributed by atoms with E-state index in [1.54, 1.807) is 16.2 Å². The number of quaternary nitrogens is 1.